The van der Waals surface area contributed by atoms with Crippen molar-refractivity contribution in [1.82, 2.24) is 0 Å². The first-order chi connectivity index (χ1) is 8.17. The first kappa shape index (κ1) is 11.1. The molecule has 0 bridgehead atoms. The molecule has 0 aromatic heterocycles. The Labute approximate surface area is 96.8 Å². The molecule has 5 heteroatoms. The molecule has 0 aliphatic rings. The predicted octanol–water partition coefficient (Wildman–Crippen LogP) is 2.57. The lowest BCUT2D eigenvalue weighted by Crippen LogP contribution is -1.93. The van der Waals surface area contributed by atoms with E-state index in [1.54, 1.807) is 18.2 Å². The van der Waals surface area contributed by atoms with Crippen molar-refractivity contribution >= 4 is 22.7 Å². The molecule has 2 aromatic rings. The fourth-order valence-electron chi connectivity index (χ4n) is 1.73. The number of carbonyl (C=O) groups is 1. The van der Waals surface area contributed by atoms with Gasteiger partial charge in [0, 0.05) is 12.1 Å². The number of rotatable bonds is 3. The lowest BCUT2D eigenvalue weighted by atomic mass is 10.0. The summed E-state index contributed by atoms with van der Waals surface area (Å²) in [5.41, 5.74) is 0.402. The van der Waals surface area contributed by atoms with Crippen LogP contribution in [0.15, 0.2) is 30.3 Å². The quantitative estimate of drug-likeness (QED) is 0.462. The zero-order chi connectivity index (χ0) is 12.4. The molecule has 2 aromatic carbocycles. The third-order valence-electron chi connectivity index (χ3n) is 2.55. The molecule has 0 spiro atoms. The fraction of sp³-hybridized carbons (Fsp3) is 0.0833. The van der Waals surface area contributed by atoms with Crippen LogP contribution in [-0.2, 0) is 0 Å². The Morgan fingerprint density at radius 1 is 1.29 bits per heavy atom. The number of benzene rings is 2. The minimum atomic E-state index is -0.468. The van der Waals surface area contributed by atoms with Crippen molar-refractivity contribution in [3.05, 3.63) is 46.0 Å². The SMILES string of the molecule is COc1ccc2cc([N+](=O)[O-])ccc2c1C=O. The highest BCUT2D eigenvalue weighted by atomic mass is 16.6. The summed E-state index contributed by atoms with van der Waals surface area (Å²) >= 11 is 0. The number of non-ortho nitro benzene ring substituents is 1. The molecule has 0 amide bonds. The van der Waals surface area contributed by atoms with Gasteiger partial charge in [-0.15, -0.1) is 0 Å². The van der Waals surface area contributed by atoms with Crippen molar-refractivity contribution in [2.24, 2.45) is 0 Å². The summed E-state index contributed by atoms with van der Waals surface area (Å²) in [4.78, 5) is 21.2. The lowest BCUT2D eigenvalue weighted by molar-refractivity contribution is -0.384. The maximum absolute atomic E-state index is 11.0. The molecule has 0 saturated carbocycles. The first-order valence-corrected chi connectivity index (χ1v) is 4.87. The molecule has 0 aliphatic heterocycles. The fourth-order valence-corrected chi connectivity index (χ4v) is 1.73. The summed E-state index contributed by atoms with van der Waals surface area (Å²) in [6, 6.07) is 7.67. The molecule has 17 heavy (non-hydrogen) atoms. The van der Waals surface area contributed by atoms with E-state index in [1.165, 1.54) is 19.2 Å². The number of carbonyl (C=O) groups excluding carboxylic acids is 1. The van der Waals surface area contributed by atoms with Gasteiger partial charge < -0.3 is 4.74 Å². The number of aldehydes is 1. The third-order valence-corrected chi connectivity index (χ3v) is 2.55. The van der Waals surface area contributed by atoms with Crippen LogP contribution < -0.4 is 4.74 Å². The number of ether oxygens (including phenoxy) is 1. The monoisotopic (exact) mass is 231 g/mol. The van der Waals surface area contributed by atoms with Crippen LogP contribution in [0.2, 0.25) is 0 Å². The van der Waals surface area contributed by atoms with Crippen molar-refractivity contribution in [2.75, 3.05) is 7.11 Å². The Balaban J connectivity index is 2.75. The Morgan fingerprint density at radius 3 is 2.65 bits per heavy atom. The zero-order valence-corrected chi connectivity index (χ0v) is 9.04. The summed E-state index contributed by atoms with van der Waals surface area (Å²) < 4.78 is 5.06. The molecule has 0 saturated heterocycles. The minimum absolute atomic E-state index is 0.000448. The summed E-state index contributed by atoms with van der Waals surface area (Å²) in [6.45, 7) is 0. The van der Waals surface area contributed by atoms with E-state index in [9.17, 15) is 14.9 Å². The van der Waals surface area contributed by atoms with Gasteiger partial charge in [-0.3, -0.25) is 14.9 Å². The van der Waals surface area contributed by atoms with Gasteiger partial charge in [-0.25, -0.2) is 0 Å². The van der Waals surface area contributed by atoms with Crippen LogP contribution in [0.5, 0.6) is 5.75 Å². The topological polar surface area (TPSA) is 69.4 Å². The third kappa shape index (κ3) is 1.82. The minimum Gasteiger partial charge on any atom is -0.496 e. The number of hydrogen-bond donors (Lipinski definition) is 0. The van der Waals surface area contributed by atoms with Crippen LogP contribution in [-0.4, -0.2) is 18.3 Å². The van der Waals surface area contributed by atoms with Crippen LogP contribution in [0.3, 0.4) is 0 Å². The number of nitro groups is 1. The zero-order valence-electron chi connectivity index (χ0n) is 9.04. The van der Waals surface area contributed by atoms with Crippen molar-refractivity contribution in [3.63, 3.8) is 0 Å². The number of hydrogen-bond acceptors (Lipinski definition) is 4. The van der Waals surface area contributed by atoms with Crippen molar-refractivity contribution < 1.29 is 14.5 Å². The van der Waals surface area contributed by atoms with Crippen LogP contribution in [0.1, 0.15) is 10.4 Å². The van der Waals surface area contributed by atoms with Gasteiger partial charge in [0.1, 0.15) is 5.75 Å². The Hall–Kier alpha value is -2.43. The maximum Gasteiger partial charge on any atom is 0.270 e. The second-order valence-corrected chi connectivity index (χ2v) is 3.46. The standard InChI is InChI=1S/C12H9NO4/c1-17-12-5-2-8-6-9(13(15)16)3-4-10(8)11(12)7-14/h2-7H,1H3. The molecule has 2 rings (SSSR count). The number of nitrogens with zero attached hydrogens (tertiary/aromatic N) is 1. The average Bonchev–Trinajstić information content (AvgIpc) is 2.36. The molecule has 0 heterocycles. The van der Waals surface area contributed by atoms with Gasteiger partial charge in [-0.05, 0) is 22.9 Å². The molecular weight excluding hydrogens is 222 g/mol. The van der Waals surface area contributed by atoms with Gasteiger partial charge in [0.2, 0.25) is 0 Å². The number of nitro benzene ring substituents is 1. The van der Waals surface area contributed by atoms with Gasteiger partial charge in [-0.1, -0.05) is 6.07 Å². The maximum atomic E-state index is 11.0. The molecule has 0 unspecified atom stereocenters. The van der Waals surface area contributed by atoms with E-state index in [0.29, 0.717) is 28.4 Å². The molecule has 86 valence electrons. The molecule has 0 atom stereocenters. The molecule has 0 aliphatic carbocycles. The van der Waals surface area contributed by atoms with Crippen molar-refractivity contribution in [2.45, 2.75) is 0 Å². The highest BCUT2D eigenvalue weighted by molar-refractivity contribution is 6.01. The Bertz CT molecular complexity index is 607. The highest BCUT2D eigenvalue weighted by Crippen LogP contribution is 2.28. The Kier molecular flexibility index (Phi) is 2.74. The highest BCUT2D eigenvalue weighted by Gasteiger charge is 2.11. The van der Waals surface area contributed by atoms with E-state index in [0.717, 1.165) is 0 Å². The van der Waals surface area contributed by atoms with E-state index < -0.39 is 4.92 Å². The van der Waals surface area contributed by atoms with Crippen LogP contribution >= 0.6 is 0 Å². The van der Waals surface area contributed by atoms with Gasteiger partial charge in [0.15, 0.2) is 6.29 Å². The van der Waals surface area contributed by atoms with E-state index in [1.807, 2.05) is 0 Å². The second kappa shape index (κ2) is 4.21. The summed E-state index contributed by atoms with van der Waals surface area (Å²) in [7, 11) is 1.47. The van der Waals surface area contributed by atoms with Crippen molar-refractivity contribution in [1.29, 1.82) is 0 Å². The first-order valence-electron chi connectivity index (χ1n) is 4.87. The molecule has 0 N–H and O–H groups in total. The van der Waals surface area contributed by atoms with Gasteiger partial charge in [0.05, 0.1) is 17.6 Å². The number of methoxy groups -OCH3 is 1. The molecule has 5 nitrogen and oxygen atoms in total. The number of fused-ring (bicyclic) bond motifs is 1. The van der Waals surface area contributed by atoms with Gasteiger partial charge in [0.25, 0.3) is 5.69 Å². The average molecular weight is 231 g/mol. The van der Waals surface area contributed by atoms with E-state index in [-0.39, 0.29) is 5.69 Å². The summed E-state index contributed by atoms with van der Waals surface area (Å²) in [5, 5.41) is 11.9. The van der Waals surface area contributed by atoms with Crippen LogP contribution in [0.25, 0.3) is 10.8 Å². The summed E-state index contributed by atoms with van der Waals surface area (Å²) in [5.74, 6) is 0.460. The van der Waals surface area contributed by atoms with Crippen LogP contribution in [0.4, 0.5) is 5.69 Å². The van der Waals surface area contributed by atoms with E-state index in [2.05, 4.69) is 0 Å². The molecule has 0 fully saturated rings. The van der Waals surface area contributed by atoms with Gasteiger partial charge in [-0.2, -0.15) is 0 Å². The lowest BCUT2D eigenvalue weighted by Gasteiger charge is -2.06. The van der Waals surface area contributed by atoms with E-state index in [4.69, 9.17) is 4.74 Å². The summed E-state index contributed by atoms with van der Waals surface area (Å²) in [6.07, 6.45) is 0.688. The smallest absolute Gasteiger partial charge is 0.270 e. The van der Waals surface area contributed by atoms with Gasteiger partial charge >= 0.3 is 0 Å². The normalized spacial score (nSPS) is 10.2. The second-order valence-electron chi connectivity index (χ2n) is 3.46. The molecule has 0 radical (unpaired) electrons. The largest absolute Gasteiger partial charge is 0.496 e. The molecular formula is C12H9NO4. The predicted molar refractivity (Wildman–Crippen MR) is 62.5 cm³/mol. The van der Waals surface area contributed by atoms with Crippen LogP contribution in [0, 0.1) is 10.1 Å². The van der Waals surface area contributed by atoms with Crippen molar-refractivity contribution in [3.8, 4) is 5.75 Å². The Morgan fingerprint density at radius 2 is 2.06 bits per heavy atom. The van der Waals surface area contributed by atoms with E-state index >= 15 is 0 Å².